The third-order valence-electron chi connectivity index (χ3n) is 2.33. The molecule has 1 rings (SSSR count). The Kier molecular flexibility index (Phi) is 6.31. The molecule has 0 saturated carbocycles. The zero-order chi connectivity index (χ0) is 16.7. The monoisotopic (exact) mass is 306 g/mol. The van der Waals surface area contributed by atoms with Crippen LogP contribution in [0.25, 0.3) is 0 Å². The van der Waals surface area contributed by atoms with Gasteiger partial charge in [-0.25, -0.2) is 14.4 Å². The highest BCUT2D eigenvalue weighted by molar-refractivity contribution is 5.90. The van der Waals surface area contributed by atoms with Gasteiger partial charge in [-0.05, 0) is 45.0 Å². The second-order valence-electron chi connectivity index (χ2n) is 4.81. The van der Waals surface area contributed by atoms with Crippen molar-refractivity contribution >= 4 is 17.9 Å². The lowest BCUT2D eigenvalue weighted by Gasteiger charge is -2.08. The highest BCUT2D eigenvalue weighted by atomic mass is 16.6. The van der Waals surface area contributed by atoms with Crippen molar-refractivity contribution in [2.45, 2.75) is 26.9 Å². The Morgan fingerprint density at radius 3 is 2.23 bits per heavy atom. The topological polar surface area (TPSA) is 78.9 Å². The van der Waals surface area contributed by atoms with Crippen molar-refractivity contribution in [3.05, 3.63) is 42.0 Å². The minimum Gasteiger partial charge on any atom is -0.459 e. The van der Waals surface area contributed by atoms with Gasteiger partial charge in [0, 0.05) is 5.57 Å². The van der Waals surface area contributed by atoms with E-state index in [1.54, 1.807) is 13.8 Å². The molecule has 0 radical (unpaired) electrons. The Labute approximate surface area is 128 Å². The molecule has 0 unspecified atom stereocenters. The molecule has 0 aromatic heterocycles. The molecule has 0 amide bonds. The standard InChI is InChI=1S/C16H18O6/c1-10(2)15(18)20-9-14(17)22-13-7-5-12(6-8-13)16(19)21-11(3)4/h5-8,11H,1,9H2,2-4H3. The van der Waals surface area contributed by atoms with Crippen LogP contribution >= 0.6 is 0 Å². The maximum absolute atomic E-state index is 11.6. The average Bonchev–Trinajstić information content (AvgIpc) is 2.44. The summed E-state index contributed by atoms with van der Waals surface area (Å²) < 4.78 is 14.7. The fraction of sp³-hybridized carbons (Fsp3) is 0.312. The lowest BCUT2D eigenvalue weighted by atomic mass is 10.2. The Hall–Kier alpha value is -2.63. The molecule has 22 heavy (non-hydrogen) atoms. The molecule has 0 fully saturated rings. The molecule has 6 heteroatoms. The zero-order valence-corrected chi connectivity index (χ0v) is 12.8. The van der Waals surface area contributed by atoms with E-state index < -0.39 is 24.5 Å². The number of rotatable bonds is 6. The Bertz CT molecular complexity index is 571. The number of carbonyl (C=O) groups excluding carboxylic acids is 3. The third kappa shape index (κ3) is 5.78. The number of hydrogen-bond donors (Lipinski definition) is 0. The smallest absolute Gasteiger partial charge is 0.349 e. The van der Waals surface area contributed by atoms with Crippen LogP contribution in [0.5, 0.6) is 5.75 Å². The van der Waals surface area contributed by atoms with Crippen LogP contribution in [0.3, 0.4) is 0 Å². The maximum Gasteiger partial charge on any atom is 0.349 e. The normalized spacial score (nSPS) is 10.0. The fourth-order valence-electron chi connectivity index (χ4n) is 1.35. The van der Waals surface area contributed by atoms with E-state index in [1.807, 2.05) is 0 Å². The first kappa shape index (κ1) is 17.4. The van der Waals surface area contributed by atoms with E-state index >= 15 is 0 Å². The summed E-state index contributed by atoms with van der Waals surface area (Å²) in [7, 11) is 0. The van der Waals surface area contributed by atoms with Gasteiger partial charge < -0.3 is 14.2 Å². The summed E-state index contributed by atoms with van der Waals surface area (Å²) in [5.74, 6) is -1.61. The van der Waals surface area contributed by atoms with E-state index in [-0.39, 0.29) is 17.4 Å². The van der Waals surface area contributed by atoms with Gasteiger partial charge >= 0.3 is 17.9 Å². The van der Waals surface area contributed by atoms with Gasteiger partial charge in [0.15, 0.2) is 6.61 Å². The van der Waals surface area contributed by atoms with Gasteiger partial charge in [-0.15, -0.1) is 0 Å². The summed E-state index contributed by atoms with van der Waals surface area (Å²) in [4.78, 5) is 34.2. The Balaban J connectivity index is 2.53. The molecule has 1 aromatic carbocycles. The number of hydrogen-bond acceptors (Lipinski definition) is 6. The number of ether oxygens (including phenoxy) is 3. The molecular weight excluding hydrogens is 288 g/mol. The van der Waals surface area contributed by atoms with Gasteiger partial charge in [-0.1, -0.05) is 6.58 Å². The summed E-state index contributed by atoms with van der Waals surface area (Å²) in [6, 6.07) is 5.87. The lowest BCUT2D eigenvalue weighted by Crippen LogP contribution is -2.19. The molecule has 118 valence electrons. The number of benzene rings is 1. The lowest BCUT2D eigenvalue weighted by molar-refractivity contribution is -0.150. The van der Waals surface area contributed by atoms with Crippen LogP contribution in [0.15, 0.2) is 36.4 Å². The second-order valence-corrected chi connectivity index (χ2v) is 4.81. The van der Waals surface area contributed by atoms with E-state index in [2.05, 4.69) is 11.3 Å². The van der Waals surface area contributed by atoms with Gasteiger partial charge in [0.25, 0.3) is 0 Å². The predicted molar refractivity (Wildman–Crippen MR) is 78.4 cm³/mol. The van der Waals surface area contributed by atoms with Crippen LogP contribution in [-0.2, 0) is 19.1 Å². The molecule has 0 aliphatic rings. The van der Waals surface area contributed by atoms with E-state index in [1.165, 1.54) is 31.2 Å². The molecule has 0 N–H and O–H groups in total. The minimum absolute atomic E-state index is 0.195. The highest BCUT2D eigenvalue weighted by Crippen LogP contribution is 2.14. The third-order valence-corrected chi connectivity index (χ3v) is 2.33. The van der Waals surface area contributed by atoms with Crippen LogP contribution in [0.4, 0.5) is 0 Å². The molecule has 0 aliphatic carbocycles. The number of carbonyl (C=O) groups is 3. The van der Waals surface area contributed by atoms with Crippen LogP contribution < -0.4 is 4.74 Å². The Morgan fingerprint density at radius 1 is 1.14 bits per heavy atom. The van der Waals surface area contributed by atoms with Crippen molar-refractivity contribution in [1.82, 2.24) is 0 Å². The van der Waals surface area contributed by atoms with Gasteiger partial charge in [-0.2, -0.15) is 0 Å². The van der Waals surface area contributed by atoms with E-state index in [0.29, 0.717) is 5.56 Å². The van der Waals surface area contributed by atoms with E-state index in [0.717, 1.165) is 0 Å². The number of esters is 3. The van der Waals surface area contributed by atoms with Crippen molar-refractivity contribution in [3.63, 3.8) is 0 Å². The van der Waals surface area contributed by atoms with Crippen LogP contribution in [-0.4, -0.2) is 30.6 Å². The average molecular weight is 306 g/mol. The molecule has 0 aliphatic heterocycles. The van der Waals surface area contributed by atoms with Gasteiger partial charge in [-0.3, -0.25) is 0 Å². The summed E-state index contributed by atoms with van der Waals surface area (Å²) >= 11 is 0. The summed E-state index contributed by atoms with van der Waals surface area (Å²) in [6.07, 6.45) is -0.215. The first-order valence-corrected chi connectivity index (χ1v) is 6.64. The molecule has 0 heterocycles. The zero-order valence-electron chi connectivity index (χ0n) is 12.8. The van der Waals surface area contributed by atoms with Crippen LogP contribution in [0, 0.1) is 0 Å². The first-order valence-electron chi connectivity index (χ1n) is 6.64. The maximum atomic E-state index is 11.6. The molecule has 1 aromatic rings. The first-order chi connectivity index (χ1) is 10.3. The second kappa shape index (κ2) is 7.97. The van der Waals surface area contributed by atoms with Gasteiger partial charge in [0.1, 0.15) is 5.75 Å². The minimum atomic E-state index is -0.730. The largest absolute Gasteiger partial charge is 0.459 e. The molecule has 0 saturated heterocycles. The van der Waals surface area contributed by atoms with Crippen molar-refractivity contribution in [2.24, 2.45) is 0 Å². The van der Waals surface area contributed by atoms with Crippen molar-refractivity contribution in [2.75, 3.05) is 6.61 Å². The summed E-state index contributed by atoms with van der Waals surface area (Å²) in [5.41, 5.74) is 0.544. The van der Waals surface area contributed by atoms with E-state index in [9.17, 15) is 14.4 Å². The molecule has 0 bridgehead atoms. The van der Waals surface area contributed by atoms with Gasteiger partial charge in [0.05, 0.1) is 11.7 Å². The molecule has 0 spiro atoms. The van der Waals surface area contributed by atoms with Crippen molar-refractivity contribution < 1.29 is 28.6 Å². The van der Waals surface area contributed by atoms with E-state index in [4.69, 9.17) is 9.47 Å². The van der Waals surface area contributed by atoms with Crippen LogP contribution in [0.2, 0.25) is 0 Å². The quantitative estimate of drug-likeness (QED) is 0.456. The molecule has 6 nitrogen and oxygen atoms in total. The van der Waals surface area contributed by atoms with Crippen molar-refractivity contribution in [3.8, 4) is 5.75 Å². The van der Waals surface area contributed by atoms with Crippen LogP contribution in [0.1, 0.15) is 31.1 Å². The SMILES string of the molecule is C=C(C)C(=O)OCC(=O)Oc1ccc(C(=O)OC(C)C)cc1. The summed E-state index contributed by atoms with van der Waals surface area (Å²) in [6.45, 7) is 7.86. The molecule has 0 atom stereocenters. The van der Waals surface area contributed by atoms with Crippen molar-refractivity contribution in [1.29, 1.82) is 0 Å². The Morgan fingerprint density at radius 2 is 1.73 bits per heavy atom. The highest BCUT2D eigenvalue weighted by Gasteiger charge is 2.12. The predicted octanol–water partition coefficient (Wildman–Crippen LogP) is 2.28. The molecular formula is C16H18O6. The fourth-order valence-corrected chi connectivity index (χ4v) is 1.35. The van der Waals surface area contributed by atoms with Gasteiger partial charge in [0.2, 0.25) is 0 Å². The summed E-state index contributed by atoms with van der Waals surface area (Å²) in [5, 5.41) is 0.